The molecular weight excluding hydrogens is 846 g/mol. The van der Waals surface area contributed by atoms with Gasteiger partial charge in [-0.25, -0.2) is 0 Å². The molecule has 0 fully saturated rings. The van der Waals surface area contributed by atoms with Gasteiger partial charge in [-0.3, -0.25) is 0 Å². The summed E-state index contributed by atoms with van der Waals surface area (Å²) in [6, 6.07) is 5.39. The van der Waals surface area contributed by atoms with E-state index in [1.54, 1.807) is 35.7 Å². The van der Waals surface area contributed by atoms with E-state index in [4.69, 9.17) is 0 Å². The number of rotatable bonds is 26. The van der Waals surface area contributed by atoms with Crippen LogP contribution in [0.5, 0.6) is 0 Å². The van der Waals surface area contributed by atoms with Gasteiger partial charge >= 0.3 is 249 Å². The molecule has 0 nitrogen and oxygen atoms in total. The van der Waals surface area contributed by atoms with Gasteiger partial charge in [0.15, 0.2) is 0 Å². The molecule has 3 rings (SSSR count). The van der Waals surface area contributed by atoms with E-state index >= 15 is 0 Å². The van der Waals surface area contributed by atoms with Crippen LogP contribution in [0, 0.1) is 0 Å². The summed E-state index contributed by atoms with van der Waals surface area (Å²) < 4.78 is 6.81. The van der Waals surface area contributed by atoms with Crippen molar-refractivity contribution in [3.8, 4) is 0 Å². The summed E-state index contributed by atoms with van der Waals surface area (Å²) >= 11 is 4.45. The number of benzene rings is 1. The van der Waals surface area contributed by atoms with Gasteiger partial charge in [0.1, 0.15) is 0 Å². The predicted octanol–water partition coefficient (Wildman–Crippen LogP) is 15.2. The van der Waals surface area contributed by atoms with Crippen LogP contribution in [0.1, 0.15) is 142 Å². The summed E-state index contributed by atoms with van der Waals surface area (Å²) in [6.07, 6.45) is 28.4. The number of fused-ring (bicyclic) bond motifs is 2. The first-order chi connectivity index (χ1) is 22.1. The summed E-state index contributed by atoms with van der Waals surface area (Å²) in [5, 5.41) is 3.25. The molecule has 0 unspecified atom stereocenters. The number of unbranched alkanes of at least 4 members (excludes halogenated alkanes) is 18. The Kier molecular flexibility index (Phi) is 20.4. The molecule has 0 N–H and O–H groups in total. The average molecular weight is 917 g/mol. The second kappa shape index (κ2) is 22.4. The molecule has 0 amide bonds. The summed E-state index contributed by atoms with van der Waals surface area (Å²) in [7, 11) is 0. The fourth-order valence-corrected chi connectivity index (χ4v) is 21.8. The van der Waals surface area contributed by atoms with E-state index in [1.165, 1.54) is 140 Å². The molecule has 6 heteroatoms. The van der Waals surface area contributed by atoms with Crippen LogP contribution in [0.3, 0.4) is 0 Å². The molecule has 0 spiro atoms. The minimum atomic E-state index is -2.19. The Morgan fingerprint density at radius 3 is 1.00 bits per heavy atom. The number of thiophene rings is 2. The Bertz CT molecular complexity index is 1110. The Labute approximate surface area is 311 Å². The Morgan fingerprint density at radius 1 is 0.435 bits per heavy atom. The number of hydrogen-bond acceptors (Lipinski definition) is 4. The molecule has 0 aliphatic carbocycles. The van der Waals surface area contributed by atoms with Gasteiger partial charge in [-0.15, -0.1) is 0 Å². The van der Waals surface area contributed by atoms with Gasteiger partial charge in [0, 0.05) is 0 Å². The Hall–Kier alpha value is 1.44. The fraction of sp³-hybridized carbons (Fsp3) is 0.750. The van der Waals surface area contributed by atoms with Crippen molar-refractivity contribution >= 4 is 109 Å². The van der Waals surface area contributed by atoms with Gasteiger partial charge in [0.05, 0.1) is 0 Å². The zero-order valence-corrected chi connectivity index (χ0v) is 40.3. The second-order valence-corrected chi connectivity index (χ2v) is 51.1. The predicted molar refractivity (Wildman–Crippen MR) is 228 cm³/mol. The second-order valence-electron chi connectivity index (χ2n) is 15.9. The summed E-state index contributed by atoms with van der Waals surface area (Å²) in [5.74, 6) is 2.56. The zero-order chi connectivity index (χ0) is 33.4. The van der Waals surface area contributed by atoms with E-state index < -0.39 is 36.8 Å². The van der Waals surface area contributed by atoms with Crippen molar-refractivity contribution in [2.75, 3.05) is 11.5 Å². The molecule has 262 valence electrons. The van der Waals surface area contributed by atoms with E-state index in [1.807, 2.05) is 0 Å². The van der Waals surface area contributed by atoms with Crippen LogP contribution in [-0.2, 0) is 0 Å². The van der Waals surface area contributed by atoms with Crippen molar-refractivity contribution in [1.82, 2.24) is 0 Å². The van der Waals surface area contributed by atoms with Crippen molar-refractivity contribution in [3.63, 3.8) is 0 Å². The van der Waals surface area contributed by atoms with Crippen LogP contribution in [-0.4, -0.2) is 48.3 Å². The third kappa shape index (κ3) is 14.2. The maximum absolute atomic E-state index is 2.70. The van der Waals surface area contributed by atoms with Crippen LogP contribution in [0.4, 0.5) is 0 Å². The molecule has 0 bridgehead atoms. The topological polar surface area (TPSA) is 0 Å². The van der Waals surface area contributed by atoms with E-state index in [-0.39, 0.29) is 0 Å². The van der Waals surface area contributed by atoms with Crippen molar-refractivity contribution in [3.05, 3.63) is 12.1 Å². The fourth-order valence-electron chi connectivity index (χ4n) is 6.25. The molecule has 0 atom stereocenters. The zero-order valence-electron chi connectivity index (χ0n) is 31.3. The summed E-state index contributed by atoms with van der Waals surface area (Å²) in [6.45, 7) is 4.63. The summed E-state index contributed by atoms with van der Waals surface area (Å²) in [5.41, 5.74) is 0. The molecule has 0 saturated carbocycles. The third-order valence-corrected chi connectivity index (χ3v) is 33.2. The van der Waals surface area contributed by atoms with Gasteiger partial charge in [-0.1, -0.05) is 65.2 Å². The molecule has 46 heavy (non-hydrogen) atoms. The van der Waals surface area contributed by atoms with Crippen molar-refractivity contribution in [2.45, 2.75) is 182 Å². The molecule has 0 saturated heterocycles. The van der Waals surface area contributed by atoms with Crippen LogP contribution >= 0.6 is 46.2 Å². The van der Waals surface area contributed by atoms with E-state index in [2.05, 4.69) is 102 Å². The van der Waals surface area contributed by atoms with Crippen LogP contribution in [0.15, 0.2) is 21.9 Å². The Morgan fingerprint density at radius 2 is 0.717 bits per heavy atom. The maximum atomic E-state index is 2.70. The standard InChI is InChI=1S/C34H52S4.6CH3.2Sn/c1-3-5-7-9-11-13-15-17-19-21-25-35-31-29-23-27-38-34(29)32(30-24-28-37-33(30)31)36-26-22-20-18-16-14-12-10-8-6-4-2;;;;;;;;/h23-24H,3-22,25-26H2,1-2H3;6*1H3;;. The van der Waals surface area contributed by atoms with E-state index in [0.717, 1.165) is 0 Å². The van der Waals surface area contributed by atoms with Gasteiger partial charge in [-0.2, -0.15) is 0 Å². The van der Waals surface area contributed by atoms with Crippen molar-refractivity contribution in [2.24, 2.45) is 0 Å². The monoisotopic (exact) mass is 918 g/mol. The normalized spacial score (nSPS) is 12.7. The molecular formula is C40H70S4Sn2. The SMILES string of the molecule is CCCCCCCCCCCCSc1c2c[c]([Sn]([CH3])([CH3])[CH3])sc2c(SCCCCCCCCCCCC)c2c[c]([Sn]([CH3])([CH3])[CH3])sc12. The Balaban J connectivity index is 1.70. The van der Waals surface area contributed by atoms with Gasteiger partial charge < -0.3 is 0 Å². The minimum absolute atomic E-state index is 1.28. The van der Waals surface area contributed by atoms with Gasteiger partial charge in [0.2, 0.25) is 0 Å². The number of thioether (sulfide) groups is 2. The van der Waals surface area contributed by atoms with Crippen LogP contribution in [0.2, 0.25) is 29.6 Å². The van der Waals surface area contributed by atoms with Gasteiger partial charge in [0.25, 0.3) is 0 Å². The first-order valence-corrected chi connectivity index (χ1v) is 43.0. The first kappa shape index (κ1) is 41.9. The molecule has 0 radical (unpaired) electrons. The quantitative estimate of drug-likeness (QED) is 0.0447. The van der Waals surface area contributed by atoms with Crippen molar-refractivity contribution in [1.29, 1.82) is 0 Å². The molecule has 0 aliphatic heterocycles. The molecule has 1 aromatic carbocycles. The summed E-state index contributed by atoms with van der Waals surface area (Å²) in [4.78, 5) is 19.0. The number of hydrogen-bond donors (Lipinski definition) is 0. The molecule has 3 aromatic rings. The van der Waals surface area contributed by atoms with Crippen LogP contribution in [0.25, 0.3) is 20.2 Å². The first-order valence-electron chi connectivity index (χ1n) is 19.4. The van der Waals surface area contributed by atoms with Crippen molar-refractivity contribution < 1.29 is 0 Å². The average Bonchev–Trinajstić information content (AvgIpc) is 3.65. The van der Waals surface area contributed by atoms with E-state index in [9.17, 15) is 0 Å². The molecule has 2 aromatic heterocycles. The van der Waals surface area contributed by atoms with E-state index in [0.29, 0.717) is 0 Å². The van der Waals surface area contributed by atoms with Crippen LogP contribution < -0.4 is 5.79 Å². The van der Waals surface area contributed by atoms with Gasteiger partial charge in [-0.05, 0) is 0 Å². The molecule has 2 heterocycles. The molecule has 0 aliphatic rings. The third-order valence-electron chi connectivity index (χ3n) is 9.33.